The summed E-state index contributed by atoms with van der Waals surface area (Å²) in [7, 11) is 1.63. The molecule has 0 spiro atoms. The van der Waals surface area contributed by atoms with Gasteiger partial charge >= 0.3 is 0 Å². The van der Waals surface area contributed by atoms with Gasteiger partial charge in [-0.3, -0.25) is 9.69 Å². The molecule has 0 radical (unpaired) electrons. The largest absolute Gasteiger partial charge is 0.497 e. The number of allylic oxidation sites excluding steroid dienone is 2. The van der Waals surface area contributed by atoms with Crippen LogP contribution in [0, 0.1) is 0 Å². The lowest BCUT2D eigenvalue weighted by molar-refractivity contribution is -0.380. The van der Waals surface area contributed by atoms with E-state index in [1.165, 1.54) is 0 Å². The highest BCUT2D eigenvalue weighted by atomic mass is 16.5. The number of ether oxygens (including phenoxy) is 1. The van der Waals surface area contributed by atoms with Gasteiger partial charge < -0.3 is 10.1 Å². The molecule has 0 aromatic heterocycles. The van der Waals surface area contributed by atoms with Gasteiger partial charge in [0, 0.05) is 6.08 Å². The Morgan fingerprint density at radius 3 is 2.82 bits per heavy atom. The van der Waals surface area contributed by atoms with Crippen LogP contribution in [0.4, 0.5) is 0 Å². The third-order valence-electron chi connectivity index (χ3n) is 4.14. The molecule has 1 aliphatic carbocycles. The molecule has 3 aliphatic rings. The van der Waals surface area contributed by atoms with Crippen molar-refractivity contribution in [3.8, 4) is 5.75 Å². The highest BCUT2D eigenvalue weighted by Crippen LogP contribution is 2.30. The van der Waals surface area contributed by atoms with E-state index >= 15 is 0 Å². The summed E-state index contributed by atoms with van der Waals surface area (Å²) < 4.78 is 5.17. The van der Waals surface area contributed by atoms with Crippen LogP contribution in [0.2, 0.25) is 0 Å². The molecule has 1 amide bonds. The highest BCUT2D eigenvalue weighted by Gasteiger charge is 2.45. The molecule has 0 bridgehead atoms. The van der Waals surface area contributed by atoms with Gasteiger partial charge in [-0.1, -0.05) is 30.4 Å². The zero-order chi connectivity index (χ0) is 15.1. The summed E-state index contributed by atoms with van der Waals surface area (Å²) in [5, 5.41) is 3.29. The Bertz CT molecular complexity index is 744. The first-order valence-electron chi connectivity index (χ1n) is 7.20. The van der Waals surface area contributed by atoms with Crippen LogP contribution in [0.1, 0.15) is 11.6 Å². The van der Waals surface area contributed by atoms with E-state index in [1.807, 2.05) is 54.8 Å². The fourth-order valence-electron chi connectivity index (χ4n) is 3.00. The molecule has 110 valence electrons. The summed E-state index contributed by atoms with van der Waals surface area (Å²) in [5.74, 6) is 1.64. The molecule has 5 heteroatoms. The van der Waals surface area contributed by atoms with Gasteiger partial charge in [-0.05, 0) is 17.7 Å². The Morgan fingerprint density at radius 2 is 2.05 bits per heavy atom. The van der Waals surface area contributed by atoms with Crippen molar-refractivity contribution in [1.29, 1.82) is 0 Å². The van der Waals surface area contributed by atoms with Gasteiger partial charge in [0.25, 0.3) is 5.91 Å². The van der Waals surface area contributed by atoms with E-state index in [-0.39, 0.29) is 18.0 Å². The lowest BCUT2D eigenvalue weighted by atomic mass is 10.0. The maximum Gasteiger partial charge on any atom is 0.256 e. The summed E-state index contributed by atoms with van der Waals surface area (Å²) in [5.41, 5.74) is 1.94. The molecule has 1 fully saturated rings. The van der Waals surface area contributed by atoms with E-state index in [9.17, 15) is 4.79 Å². The highest BCUT2D eigenvalue weighted by molar-refractivity contribution is 6.02. The predicted molar refractivity (Wildman–Crippen MR) is 81.8 cm³/mol. The van der Waals surface area contributed by atoms with Crippen molar-refractivity contribution in [2.75, 3.05) is 7.11 Å². The molecule has 2 N–H and O–H groups in total. The van der Waals surface area contributed by atoms with Crippen molar-refractivity contribution < 1.29 is 14.5 Å². The number of nitrogens with one attached hydrogen (secondary N) is 2. The smallest absolute Gasteiger partial charge is 0.256 e. The number of nitrogens with zero attached hydrogens (tertiary/aromatic N) is 1. The number of amides is 1. The quantitative estimate of drug-likeness (QED) is 0.807. The van der Waals surface area contributed by atoms with Crippen LogP contribution in [-0.4, -0.2) is 29.7 Å². The van der Waals surface area contributed by atoms with Gasteiger partial charge in [-0.25, -0.2) is 4.99 Å². The van der Waals surface area contributed by atoms with Gasteiger partial charge in [0.15, 0.2) is 5.82 Å². The zero-order valence-corrected chi connectivity index (χ0v) is 12.1. The molecule has 2 aliphatic heterocycles. The number of rotatable bonds is 2. The maximum absolute atomic E-state index is 12.8. The molecule has 4 rings (SSSR count). The molecule has 22 heavy (non-hydrogen) atoms. The predicted octanol–water partition coefficient (Wildman–Crippen LogP) is -0.00320. The Hall–Kier alpha value is -2.82. The fraction of sp³-hybridized carbons (Fsp3) is 0.176. The molecular weight excluding hydrogens is 278 g/mol. The van der Waals surface area contributed by atoms with Gasteiger partial charge in [-0.2, -0.15) is 0 Å². The molecule has 1 aromatic rings. The Kier molecular flexibility index (Phi) is 2.85. The van der Waals surface area contributed by atoms with Crippen LogP contribution in [0.25, 0.3) is 0 Å². The third-order valence-corrected chi connectivity index (χ3v) is 4.14. The molecule has 2 atom stereocenters. The minimum Gasteiger partial charge on any atom is -0.497 e. The van der Waals surface area contributed by atoms with E-state index in [2.05, 4.69) is 10.3 Å². The summed E-state index contributed by atoms with van der Waals surface area (Å²) in [6.45, 7) is 0. The SMILES string of the molecule is COc1ccc(C2NC3=C[NH+]=C4C=CC=CC4N3C2=O)cc1. The third kappa shape index (κ3) is 1.86. The lowest BCUT2D eigenvalue weighted by Gasteiger charge is -2.25. The second kappa shape index (κ2) is 4.87. The topological polar surface area (TPSA) is 55.5 Å². The van der Waals surface area contributed by atoms with Crippen molar-refractivity contribution in [2.45, 2.75) is 12.1 Å². The Labute approximate surface area is 128 Å². The van der Waals surface area contributed by atoms with Crippen molar-refractivity contribution in [2.24, 2.45) is 0 Å². The first-order chi connectivity index (χ1) is 10.8. The van der Waals surface area contributed by atoms with Crippen molar-refractivity contribution >= 4 is 11.6 Å². The Morgan fingerprint density at radius 1 is 1.23 bits per heavy atom. The average Bonchev–Trinajstić information content (AvgIpc) is 2.92. The molecule has 2 unspecified atom stereocenters. The second-order valence-electron chi connectivity index (χ2n) is 5.38. The van der Waals surface area contributed by atoms with Crippen LogP contribution >= 0.6 is 0 Å². The number of hydrogen-bond donors (Lipinski definition) is 2. The summed E-state index contributed by atoms with van der Waals surface area (Å²) >= 11 is 0. The van der Waals surface area contributed by atoms with Gasteiger partial charge in [-0.15, -0.1) is 0 Å². The molecule has 0 saturated carbocycles. The molecule has 1 saturated heterocycles. The van der Waals surface area contributed by atoms with Crippen LogP contribution < -0.4 is 15.0 Å². The van der Waals surface area contributed by atoms with E-state index in [0.29, 0.717) is 0 Å². The molecule has 1 aromatic carbocycles. The molecule has 2 heterocycles. The van der Waals surface area contributed by atoms with Crippen LogP contribution in [0.5, 0.6) is 5.75 Å². The van der Waals surface area contributed by atoms with Crippen molar-refractivity contribution in [1.82, 2.24) is 10.2 Å². The number of hydrogen-bond acceptors (Lipinski definition) is 3. The lowest BCUT2D eigenvalue weighted by Crippen LogP contribution is -2.74. The Balaban J connectivity index is 1.66. The van der Waals surface area contributed by atoms with Crippen molar-refractivity contribution in [3.63, 3.8) is 0 Å². The summed E-state index contributed by atoms with van der Waals surface area (Å²) in [6, 6.07) is 7.15. The summed E-state index contributed by atoms with van der Waals surface area (Å²) in [4.78, 5) is 17.9. The minimum absolute atomic E-state index is 0.0559. The second-order valence-corrected chi connectivity index (χ2v) is 5.38. The van der Waals surface area contributed by atoms with E-state index < -0.39 is 0 Å². The number of benzene rings is 1. The minimum atomic E-state index is -0.363. The van der Waals surface area contributed by atoms with Gasteiger partial charge in [0.2, 0.25) is 11.9 Å². The normalized spacial score (nSPS) is 25.1. The fourth-order valence-corrected chi connectivity index (χ4v) is 3.00. The maximum atomic E-state index is 12.8. The summed E-state index contributed by atoms with van der Waals surface area (Å²) in [6.07, 6.45) is 9.79. The number of fused-ring (bicyclic) bond motifs is 3. The monoisotopic (exact) mass is 294 g/mol. The van der Waals surface area contributed by atoms with Crippen molar-refractivity contribution in [3.05, 3.63) is 66.2 Å². The van der Waals surface area contributed by atoms with E-state index in [4.69, 9.17) is 4.74 Å². The number of carbonyl (C=O) groups excluding carboxylic acids is 1. The average molecular weight is 294 g/mol. The van der Waals surface area contributed by atoms with E-state index in [1.54, 1.807) is 12.0 Å². The van der Waals surface area contributed by atoms with Crippen LogP contribution in [-0.2, 0) is 4.79 Å². The first kappa shape index (κ1) is 12.9. The first-order valence-corrected chi connectivity index (χ1v) is 7.20. The van der Waals surface area contributed by atoms with Gasteiger partial charge in [0.05, 0.1) is 7.11 Å². The van der Waals surface area contributed by atoms with Gasteiger partial charge in [0.1, 0.15) is 17.8 Å². The number of methoxy groups -OCH3 is 1. The zero-order valence-electron chi connectivity index (χ0n) is 12.1. The standard InChI is InChI=1S/C17H15N3O2/c1-22-12-8-6-11(7-9-12)16-17(21)20-14-5-3-2-4-13(14)18-10-15(20)19-16/h2-10,14,16,19H,1H3/p+1. The van der Waals surface area contributed by atoms with Crippen LogP contribution in [0.3, 0.4) is 0 Å². The van der Waals surface area contributed by atoms with Crippen LogP contribution in [0.15, 0.2) is 60.6 Å². The number of carbonyl (C=O) groups is 1. The molecular formula is C17H16N3O2+. The molecule has 5 nitrogen and oxygen atoms in total. The van der Waals surface area contributed by atoms with E-state index in [0.717, 1.165) is 22.8 Å².